The third kappa shape index (κ3) is 8.00. The fourth-order valence-electron chi connectivity index (χ4n) is 2.76. The maximum atomic E-state index is 12.5. The van der Waals surface area contributed by atoms with Gasteiger partial charge in [-0.25, -0.2) is 0 Å². The number of carbonyl (C=O) groups excluding carboxylic acids is 1. The van der Waals surface area contributed by atoms with E-state index in [1.165, 1.54) is 17.4 Å². The number of rotatable bonds is 11. The monoisotopic (exact) mass is 526 g/mol. The Morgan fingerprint density at radius 1 is 1.15 bits per heavy atom. The highest BCUT2D eigenvalue weighted by atomic mass is 79.9. The minimum atomic E-state index is -0.523. The summed E-state index contributed by atoms with van der Waals surface area (Å²) in [5.41, 5.74) is 0.643. The highest BCUT2D eigenvalue weighted by Gasteiger charge is 2.13. The number of aromatic nitrogens is 2. The van der Waals surface area contributed by atoms with Crippen LogP contribution < -0.4 is 14.8 Å². The summed E-state index contributed by atoms with van der Waals surface area (Å²) in [6.07, 6.45) is 4.41. The number of anilines is 1. The molecule has 9 heteroatoms. The number of aryl methyl sites for hydroxylation is 1. The minimum Gasteiger partial charge on any atom is -0.490 e. The van der Waals surface area contributed by atoms with Crippen LogP contribution in [0.5, 0.6) is 11.5 Å². The molecule has 0 bridgehead atoms. The number of hydrogen-bond donors (Lipinski definition) is 1. The van der Waals surface area contributed by atoms with Crippen LogP contribution in [0.4, 0.5) is 5.13 Å². The van der Waals surface area contributed by atoms with E-state index in [4.69, 9.17) is 9.47 Å². The molecule has 33 heavy (non-hydrogen) atoms. The molecule has 0 saturated carbocycles. The van der Waals surface area contributed by atoms with E-state index < -0.39 is 5.91 Å². The molecule has 0 unspecified atom stereocenters. The van der Waals surface area contributed by atoms with Gasteiger partial charge in [-0.1, -0.05) is 52.7 Å². The fraction of sp³-hybridized carbons (Fsp3) is 0.250. The van der Waals surface area contributed by atoms with Gasteiger partial charge in [0.25, 0.3) is 5.91 Å². The second kappa shape index (κ2) is 12.7. The lowest BCUT2D eigenvalue weighted by Crippen LogP contribution is -2.13. The van der Waals surface area contributed by atoms with Gasteiger partial charge in [0.15, 0.2) is 0 Å². The molecule has 2 aromatic carbocycles. The molecule has 0 aliphatic carbocycles. The lowest BCUT2D eigenvalue weighted by molar-refractivity contribution is -0.112. The number of halogens is 1. The van der Waals surface area contributed by atoms with Gasteiger partial charge in [0.2, 0.25) is 5.13 Å². The number of nitrogens with zero attached hydrogens (tertiary/aromatic N) is 3. The van der Waals surface area contributed by atoms with Crippen molar-refractivity contribution in [3.05, 3.63) is 69.1 Å². The van der Waals surface area contributed by atoms with E-state index in [0.717, 1.165) is 34.5 Å². The van der Waals surface area contributed by atoms with E-state index in [2.05, 4.69) is 38.4 Å². The molecule has 170 valence electrons. The smallest absolute Gasteiger partial charge is 0.268 e. The molecular formula is C24H23BrN4O3S. The van der Waals surface area contributed by atoms with E-state index in [1.54, 1.807) is 18.2 Å². The number of nitrogens with one attached hydrogen (secondary N) is 1. The summed E-state index contributed by atoms with van der Waals surface area (Å²) in [4.78, 5) is 12.5. The van der Waals surface area contributed by atoms with Gasteiger partial charge in [-0.2, -0.15) is 5.26 Å². The summed E-state index contributed by atoms with van der Waals surface area (Å²) >= 11 is 4.71. The Bertz CT molecular complexity index is 1140. The molecule has 3 aromatic rings. The average Bonchev–Trinajstić information content (AvgIpc) is 3.27. The van der Waals surface area contributed by atoms with Crippen molar-refractivity contribution < 1.29 is 14.3 Å². The third-order valence-electron chi connectivity index (χ3n) is 4.40. The van der Waals surface area contributed by atoms with Gasteiger partial charge in [0.1, 0.15) is 41.4 Å². The maximum Gasteiger partial charge on any atom is 0.268 e. The zero-order valence-corrected chi connectivity index (χ0v) is 20.5. The summed E-state index contributed by atoms with van der Waals surface area (Å²) in [7, 11) is 0. The predicted molar refractivity (Wildman–Crippen MR) is 132 cm³/mol. The third-order valence-corrected chi connectivity index (χ3v) is 5.83. The number of unbranched alkanes of at least 4 members (excludes halogenated alkanes) is 1. The molecule has 7 nitrogen and oxygen atoms in total. The van der Waals surface area contributed by atoms with Crippen LogP contribution in [0.3, 0.4) is 0 Å². The zero-order chi connectivity index (χ0) is 23.5. The van der Waals surface area contributed by atoms with E-state index in [-0.39, 0.29) is 5.57 Å². The highest BCUT2D eigenvalue weighted by molar-refractivity contribution is 9.10. The molecule has 1 amide bonds. The SMILES string of the molecule is CCCCc1nnc(NC(=O)/C(C#N)=C\c2cccc(OCCOc3ccc(Br)cc3)c2)s1. The van der Waals surface area contributed by atoms with Crippen molar-refractivity contribution in [2.24, 2.45) is 0 Å². The quantitative estimate of drug-likeness (QED) is 0.197. The van der Waals surface area contributed by atoms with Crippen molar-refractivity contribution in [1.29, 1.82) is 5.26 Å². The second-order valence-corrected chi connectivity index (χ2v) is 8.93. The lowest BCUT2D eigenvalue weighted by atomic mass is 10.1. The predicted octanol–water partition coefficient (Wildman–Crippen LogP) is 5.65. The number of nitriles is 1. The largest absolute Gasteiger partial charge is 0.490 e. The van der Waals surface area contributed by atoms with Crippen LogP contribution >= 0.6 is 27.3 Å². The summed E-state index contributed by atoms with van der Waals surface area (Å²) in [5.74, 6) is 0.853. The topological polar surface area (TPSA) is 97.1 Å². The number of hydrogen-bond acceptors (Lipinski definition) is 7. The molecular weight excluding hydrogens is 504 g/mol. The summed E-state index contributed by atoms with van der Waals surface area (Å²) < 4.78 is 12.4. The van der Waals surface area contributed by atoms with Crippen molar-refractivity contribution in [3.8, 4) is 17.6 Å². The van der Waals surface area contributed by atoms with Crippen molar-refractivity contribution in [2.75, 3.05) is 18.5 Å². The van der Waals surface area contributed by atoms with Crippen LogP contribution in [0.15, 0.2) is 58.6 Å². The van der Waals surface area contributed by atoms with Gasteiger partial charge >= 0.3 is 0 Å². The molecule has 1 heterocycles. The first-order valence-corrected chi connectivity index (χ1v) is 12.0. The van der Waals surface area contributed by atoms with E-state index >= 15 is 0 Å². The van der Waals surface area contributed by atoms with Gasteiger partial charge in [0.05, 0.1) is 0 Å². The number of benzene rings is 2. The first-order valence-electron chi connectivity index (χ1n) is 10.4. The normalized spacial score (nSPS) is 11.0. The molecule has 0 saturated heterocycles. The van der Waals surface area contributed by atoms with E-state index in [9.17, 15) is 10.1 Å². The van der Waals surface area contributed by atoms with Crippen LogP contribution in [0.2, 0.25) is 0 Å². The first kappa shape index (κ1) is 24.4. The van der Waals surface area contributed by atoms with Crippen molar-refractivity contribution in [2.45, 2.75) is 26.2 Å². The van der Waals surface area contributed by atoms with E-state index in [0.29, 0.717) is 29.7 Å². The van der Waals surface area contributed by atoms with Crippen molar-refractivity contribution >= 4 is 44.4 Å². The molecule has 0 aliphatic heterocycles. The van der Waals surface area contributed by atoms with Gasteiger partial charge in [-0.3, -0.25) is 10.1 Å². The highest BCUT2D eigenvalue weighted by Crippen LogP contribution is 2.20. The van der Waals surface area contributed by atoms with Gasteiger partial charge < -0.3 is 9.47 Å². The summed E-state index contributed by atoms with van der Waals surface area (Å²) in [6, 6.07) is 16.7. The average molecular weight is 527 g/mol. The van der Waals surface area contributed by atoms with Gasteiger partial charge in [-0.15, -0.1) is 10.2 Å². The number of amides is 1. The van der Waals surface area contributed by atoms with Crippen molar-refractivity contribution in [1.82, 2.24) is 10.2 Å². The van der Waals surface area contributed by atoms with Crippen LogP contribution in [0.25, 0.3) is 6.08 Å². The molecule has 1 N–H and O–H groups in total. The van der Waals surface area contributed by atoms with Crippen molar-refractivity contribution in [3.63, 3.8) is 0 Å². The maximum absolute atomic E-state index is 12.5. The summed E-state index contributed by atoms with van der Waals surface area (Å²) in [6.45, 7) is 2.84. The lowest BCUT2D eigenvalue weighted by Gasteiger charge is -2.09. The Kier molecular flexibility index (Phi) is 9.42. The minimum absolute atomic E-state index is 0.0315. The standard InChI is InChI=1S/C24H23BrN4O3S/c1-2-3-7-22-28-29-24(33-22)27-23(30)18(16-26)14-17-5-4-6-21(15-17)32-13-12-31-20-10-8-19(25)9-11-20/h4-6,8-11,14-15H,2-3,7,12-13H2,1H3,(H,27,29,30)/b18-14-. The number of carbonyl (C=O) groups is 1. The summed E-state index contributed by atoms with van der Waals surface area (Å²) in [5, 5.41) is 21.4. The van der Waals surface area contributed by atoms with Crippen LogP contribution in [-0.2, 0) is 11.2 Å². The molecule has 0 spiro atoms. The second-order valence-electron chi connectivity index (χ2n) is 6.95. The molecule has 0 fully saturated rings. The van der Waals surface area contributed by atoms with E-state index in [1.807, 2.05) is 36.4 Å². The Hall–Kier alpha value is -3.22. The zero-order valence-electron chi connectivity index (χ0n) is 18.1. The Morgan fingerprint density at radius 2 is 1.91 bits per heavy atom. The molecule has 1 aromatic heterocycles. The van der Waals surface area contributed by atoms with Crippen LogP contribution in [0, 0.1) is 11.3 Å². The molecule has 3 rings (SSSR count). The Morgan fingerprint density at radius 3 is 2.64 bits per heavy atom. The Balaban J connectivity index is 1.55. The molecule has 0 aliphatic rings. The first-order chi connectivity index (χ1) is 16.1. The van der Waals surface area contributed by atoms with Crippen LogP contribution in [0.1, 0.15) is 30.3 Å². The van der Waals surface area contributed by atoms with Gasteiger partial charge in [-0.05, 0) is 54.5 Å². The van der Waals surface area contributed by atoms with Crippen LogP contribution in [-0.4, -0.2) is 29.3 Å². The fourth-order valence-corrected chi connectivity index (χ4v) is 3.80. The molecule has 0 radical (unpaired) electrons. The molecule has 0 atom stereocenters. The Labute approximate surface area is 205 Å². The van der Waals surface area contributed by atoms with Gasteiger partial charge in [0, 0.05) is 10.9 Å². The number of ether oxygens (including phenoxy) is 2.